The van der Waals surface area contributed by atoms with Gasteiger partial charge in [0.25, 0.3) is 0 Å². The Morgan fingerprint density at radius 2 is 1.53 bits per heavy atom. The second-order valence-corrected chi connectivity index (χ2v) is 10.4. The summed E-state index contributed by atoms with van der Waals surface area (Å²) in [6.07, 6.45) is -0.840. The van der Waals surface area contributed by atoms with Crippen LogP contribution in [0, 0.1) is 5.92 Å². The van der Waals surface area contributed by atoms with Gasteiger partial charge in [0.1, 0.15) is 5.60 Å². The lowest BCUT2D eigenvalue weighted by molar-refractivity contribution is -0.149. The van der Waals surface area contributed by atoms with Crippen LogP contribution in [0.2, 0.25) is 0 Å². The molecule has 0 unspecified atom stereocenters. The molecule has 1 aromatic rings. The van der Waals surface area contributed by atoms with E-state index in [1.165, 1.54) is 12.1 Å². The molecule has 0 N–H and O–H groups in total. The summed E-state index contributed by atoms with van der Waals surface area (Å²) in [6, 6.07) is 4.11. The van der Waals surface area contributed by atoms with Crippen molar-refractivity contribution in [3.05, 3.63) is 34.9 Å². The van der Waals surface area contributed by atoms with E-state index >= 15 is 0 Å². The molecule has 2 aliphatic rings. The molecule has 1 amide bonds. The molecule has 0 aromatic heterocycles. The Hall–Kier alpha value is -2.25. The van der Waals surface area contributed by atoms with Gasteiger partial charge in [-0.25, -0.2) is 4.79 Å². The molecule has 1 aliphatic carbocycles. The smallest absolute Gasteiger partial charge is 0.416 e. The molecule has 2 fully saturated rings. The fraction of sp³-hybridized carbons (Fsp3) is 0.692. The minimum Gasteiger partial charge on any atom is -0.466 e. The monoisotopic (exact) mass is 483 g/mol. The second-order valence-electron chi connectivity index (χ2n) is 10.4. The molecular weight excluding hydrogens is 447 g/mol. The number of carbonyl (C=O) groups is 2. The molecular formula is C26H36F3NO4. The van der Waals surface area contributed by atoms with Gasteiger partial charge in [-0.15, -0.1) is 0 Å². The molecule has 8 heteroatoms. The Bertz CT molecular complexity index is 862. The van der Waals surface area contributed by atoms with Gasteiger partial charge in [0, 0.05) is 13.1 Å². The van der Waals surface area contributed by atoms with Crippen molar-refractivity contribution in [2.45, 2.75) is 89.8 Å². The van der Waals surface area contributed by atoms with E-state index in [2.05, 4.69) is 0 Å². The van der Waals surface area contributed by atoms with E-state index in [1.807, 2.05) is 20.8 Å². The number of esters is 1. The fourth-order valence-corrected chi connectivity index (χ4v) is 5.08. The highest BCUT2D eigenvalue weighted by atomic mass is 19.4. The molecule has 1 saturated carbocycles. The number of hydrogen-bond donors (Lipinski definition) is 0. The maximum Gasteiger partial charge on any atom is 0.416 e. The molecule has 190 valence electrons. The van der Waals surface area contributed by atoms with Gasteiger partial charge >= 0.3 is 18.2 Å². The Morgan fingerprint density at radius 3 is 2.06 bits per heavy atom. The number of halogens is 3. The molecule has 5 nitrogen and oxygen atoms in total. The first-order valence-corrected chi connectivity index (χ1v) is 12.2. The maximum absolute atomic E-state index is 13.5. The van der Waals surface area contributed by atoms with Crippen LogP contribution >= 0.6 is 0 Å². The van der Waals surface area contributed by atoms with Crippen LogP contribution < -0.4 is 0 Å². The summed E-state index contributed by atoms with van der Waals surface area (Å²) in [6.45, 7) is 8.59. The summed E-state index contributed by atoms with van der Waals surface area (Å²) < 4.78 is 51.1. The highest BCUT2D eigenvalue weighted by Gasteiger charge is 2.36. The van der Waals surface area contributed by atoms with Crippen LogP contribution in [0.15, 0.2) is 18.2 Å². The van der Waals surface area contributed by atoms with Crippen molar-refractivity contribution >= 4 is 12.1 Å². The largest absolute Gasteiger partial charge is 0.466 e. The van der Waals surface area contributed by atoms with E-state index in [0.717, 1.165) is 11.1 Å². The Kier molecular flexibility index (Phi) is 8.19. The molecule has 1 saturated heterocycles. The average Bonchev–Trinajstić information content (AvgIpc) is 2.77. The number of hydrogen-bond acceptors (Lipinski definition) is 4. The van der Waals surface area contributed by atoms with Crippen LogP contribution in [0.4, 0.5) is 18.0 Å². The lowest BCUT2D eigenvalue weighted by Gasteiger charge is -2.36. The summed E-state index contributed by atoms with van der Waals surface area (Å²) in [5.41, 5.74) is 0.478. The zero-order valence-corrected chi connectivity index (χ0v) is 20.5. The molecule has 1 aromatic carbocycles. The van der Waals surface area contributed by atoms with E-state index in [0.29, 0.717) is 58.2 Å². The van der Waals surface area contributed by atoms with Crippen molar-refractivity contribution < 1.29 is 32.2 Å². The zero-order valence-electron chi connectivity index (χ0n) is 20.5. The van der Waals surface area contributed by atoms with Crippen LogP contribution in [0.25, 0.3) is 0 Å². The van der Waals surface area contributed by atoms with Crippen LogP contribution in [0.1, 0.15) is 94.7 Å². The topological polar surface area (TPSA) is 55.8 Å². The van der Waals surface area contributed by atoms with Gasteiger partial charge in [0.05, 0.1) is 18.1 Å². The normalized spacial score (nSPS) is 22.4. The summed E-state index contributed by atoms with van der Waals surface area (Å²) in [5, 5.41) is 0. The first-order chi connectivity index (χ1) is 15.9. The van der Waals surface area contributed by atoms with Gasteiger partial charge in [0.15, 0.2) is 0 Å². The summed E-state index contributed by atoms with van der Waals surface area (Å²) in [4.78, 5) is 26.2. The summed E-state index contributed by atoms with van der Waals surface area (Å²) >= 11 is 0. The zero-order chi connectivity index (χ0) is 25.1. The Morgan fingerprint density at radius 1 is 0.941 bits per heavy atom. The van der Waals surface area contributed by atoms with Crippen LogP contribution in [-0.4, -0.2) is 42.3 Å². The molecule has 0 radical (unpaired) electrons. The third-order valence-corrected chi connectivity index (χ3v) is 6.79. The first-order valence-electron chi connectivity index (χ1n) is 12.2. The fourth-order valence-electron chi connectivity index (χ4n) is 5.08. The summed E-state index contributed by atoms with van der Waals surface area (Å²) in [7, 11) is 0. The van der Waals surface area contributed by atoms with Crippen molar-refractivity contribution in [3.8, 4) is 0 Å². The van der Waals surface area contributed by atoms with Gasteiger partial charge in [-0.3, -0.25) is 4.79 Å². The van der Waals surface area contributed by atoms with E-state index in [1.54, 1.807) is 17.9 Å². The number of carbonyl (C=O) groups excluding carboxylic acids is 2. The van der Waals surface area contributed by atoms with E-state index < -0.39 is 17.3 Å². The van der Waals surface area contributed by atoms with Crippen molar-refractivity contribution in [2.24, 2.45) is 5.92 Å². The van der Waals surface area contributed by atoms with Crippen molar-refractivity contribution in [1.29, 1.82) is 0 Å². The number of ether oxygens (including phenoxy) is 2. The van der Waals surface area contributed by atoms with Gasteiger partial charge in [0.2, 0.25) is 0 Å². The van der Waals surface area contributed by atoms with Gasteiger partial charge in [-0.05, 0) is 101 Å². The van der Waals surface area contributed by atoms with Gasteiger partial charge in [-0.1, -0.05) is 6.07 Å². The minimum absolute atomic E-state index is 0.0214. The number of nitrogens with zero attached hydrogens (tertiary/aromatic N) is 1. The lowest BCUT2D eigenvalue weighted by atomic mass is 9.74. The van der Waals surface area contributed by atoms with E-state index in [-0.39, 0.29) is 29.8 Å². The lowest BCUT2D eigenvalue weighted by Crippen LogP contribution is -2.41. The Balaban J connectivity index is 1.76. The third-order valence-electron chi connectivity index (χ3n) is 6.79. The number of piperidine rings is 1. The van der Waals surface area contributed by atoms with E-state index in [9.17, 15) is 22.8 Å². The number of rotatable bonds is 4. The molecule has 0 atom stereocenters. The maximum atomic E-state index is 13.5. The van der Waals surface area contributed by atoms with Crippen LogP contribution in [-0.2, 0) is 20.4 Å². The first kappa shape index (κ1) is 26.4. The van der Waals surface area contributed by atoms with Crippen molar-refractivity contribution in [2.75, 3.05) is 19.7 Å². The average molecular weight is 484 g/mol. The third kappa shape index (κ3) is 6.66. The highest BCUT2D eigenvalue weighted by molar-refractivity contribution is 5.72. The van der Waals surface area contributed by atoms with Crippen molar-refractivity contribution in [3.63, 3.8) is 0 Å². The predicted octanol–water partition coefficient (Wildman–Crippen LogP) is 6.66. The van der Waals surface area contributed by atoms with Gasteiger partial charge < -0.3 is 14.4 Å². The van der Waals surface area contributed by atoms with E-state index in [4.69, 9.17) is 9.47 Å². The molecule has 0 bridgehead atoms. The van der Waals surface area contributed by atoms with Gasteiger partial charge in [-0.2, -0.15) is 13.2 Å². The second kappa shape index (κ2) is 10.6. The molecule has 1 heterocycles. The molecule has 1 aliphatic heterocycles. The van der Waals surface area contributed by atoms with Crippen LogP contribution in [0.5, 0.6) is 0 Å². The molecule has 0 spiro atoms. The predicted molar refractivity (Wildman–Crippen MR) is 123 cm³/mol. The summed E-state index contributed by atoms with van der Waals surface area (Å²) in [5.74, 6) is -0.326. The van der Waals surface area contributed by atoms with Crippen LogP contribution in [0.3, 0.4) is 0 Å². The van der Waals surface area contributed by atoms with Crippen molar-refractivity contribution in [1.82, 2.24) is 4.90 Å². The molecule has 34 heavy (non-hydrogen) atoms. The number of benzene rings is 1. The SMILES string of the molecule is CCOC(=O)C1CCC(c2cc(C(F)(F)F)ccc2C2CCN(C(=O)OC(C)(C)C)CC2)CC1. The molecule has 3 rings (SSSR count). The number of likely N-dealkylation sites (tertiary alicyclic amines) is 1. The standard InChI is InChI=1S/C26H36F3NO4/c1-5-33-23(31)19-8-6-17(7-9-19)22-16-20(26(27,28)29)10-11-21(22)18-12-14-30(15-13-18)24(32)34-25(2,3)4/h10-11,16-19H,5-9,12-15H2,1-4H3. The number of alkyl halides is 3. The number of amides is 1. The quantitative estimate of drug-likeness (QED) is 0.450. The minimum atomic E-state index is -4.41. The Labute approximate surface area is 200 Å². The highest BCUT2D eigenvalue weighted by Crippen LogP contribution is 2.43.